The van der Waals surface area contributed by atoms with Gasteiger partial charge in [0.25, 0.3) is 10.2 Å². The Morgan fingerprint density at radius 1 is 1.29 bits per heavy atom. The Labute approximate surface area is 127 Å². The Morgan fingerprint density at radius 3 is 2.62 bits per heavy atom. The molecule has 0 saturated heterocycles. The predicted molar refractivity (Wildman–Crippen MR) is 83.7 cm³/mol. The molecule has 6 heteroatoms. The van der Waals surface area contributed by atoms with Crippen LogP contribution < -0.4 is 4.72 Å². The highest BCUT2D eigenvalue weighted by Crippen LogP contribution is 2.06. The Morgan fingerprint density at radius 2 is 2.00 bits per heavy atom. The minimum atomic E-state index is -3.44. The third-order valence-electron chi connectivity index (χ3n) is 2.90. The molecule has 1 rings (SSSR count). The number of hydrogen-bond acceptors (Lipinski definition) is 3. The fraction of sp³-hybridized carbons (Fsp3) is 0.467. The van der Waals surface area contributed by atoms with Crippen LogP contribution in [-0.4, -0.2) is 37.5 Å². The smallest absolute Gasteiger partial charge is 0.279 e. The summed E-state index contributed by atoms with van der Waals surface area (Å²) in [6.07, 6.45) is 0.429. The first kappa shape index (κ1) is 17.7. The van der Waals surface area contributed by atoms with Gasteiger partial charge in [-0.2, -0.15) is 17.4 Å². The lowest BCUT2D eigenvalue weighted by Gasteiger charge is -2.18. The van der Waals surface area contributed by atoms with E-state index in [-0.39, 0.29) is 13.2 Å². The average molecular weight is 310 g/mol. The number of benzene rings is 1. The number of hydrogen-bond donors (Lipinski definition) is 2. The normalized spacial score (nSPS) is 11.2. The predicted octanol–water partition coefficient (Wildman–Crippen LogP) is 1.10. The van der Waals surface area contributed by atoms with E-state index in [1.807, 2.05) is 24.3 Å². The van der Waals surface area contributed by atoms with Gasteiger partial charge < -0.3 is 5.11 Å². The summed E-state index contributed by atoms with van der Waals surface area (Å²) in [6, 6.07) is 7.38. The maximum atomic E-state index is 12.0. The van der Waals surface area contributed by atoms with E-state index in [4.69, 9.17) is 5.11 Å². The molecule has 0 spiro atoms. The van der Waals surface area contributed by atoms with Crippen LogP contribution in [0.3, 0.4) is 0 Å². The molecule has 0 aliphatic rings. The molecule has 0 heterocycles. The average Bonchev–Trinajstić information content (AvgIpc) is 2.47. The summed E-state index contributed by atoms with van der Waals surface area (Å²) in [5, 5.41) is 8.69. The molecule has 0 aromatic heterocycles. The lowest BCUT2D eigenvalue weighted by Crippen LogP contribution is -2.40. The minimum Gasteiger partial charge on any atom is -0.395 e. The molecule has 5 nitrogen and oxygen atoms in total. The monoisotopic (exact) mass is 310 g/mol. The van der Waals surface area contributed by atoms with Crippen LogP contribution in [0.5, 0.6) is 0 Å². The maximum absolute atomic E-state index is 12.0. The maximum Gasteiger partial charge on any atom is 0.279 e. The van der Waals surface area contributed by atoms with Gasteiger partial charge in [0.05, 0.1) is 6.61 Å². The third kappa shape index (κ3) is 5.86. The first-order valence-corrected chi connectivity index (χ1v) is 8.41. The molecule has 116 valence electrons. The van der Waals surface area contributed by atoms with Gasteiger partial charge in [-0.15, -0.1) is 0 Å². The molecule has 0 fully saturated rings. The Hall–Kier alpha value is -1.39. The van der Waals surface area contributed by atoms with E-state index < -0.39 is 10.2 Å². The van der Waals surface area contributed by atoms with Crippen molar-refractivity contribution in [2.75, 3.05) is 19.7 Å². The van der Waals surface area contributed by atoms with E-state index in [1.165, 1.54) is 4.31 Å². The summed E-state index contributed by atoms with van der Waals surface area (Å²) in [6.45, 7) is 4.77. The van der Waals surface area contributed by atoms with E-state index in [9.17, 15) is 8.42 Å². The molecule has 0 aliphatic carbocycles. The van der Waals surface area contributed by atoms with E-state index >= 15 is 0 Å². The first-order chi connectivity index (χ1) is 10.0. The summed E-state index contributed by atoms with van der Waals surface area (Å²) in [5.41, 5.74) is 1.66. The lowest BCUT2D eigenvalue weighted by molar-refractivity contribution is 0.305. The molecule has 0 radical (unpaired) electrons. The van der Waals surface area contributed by atoms with Crippen LogP contribution in [0.2, 0.25) is 0 Å². The van der Waals surface area contributed by atoms with Crippen LogP contribution in [0.1, 0.15) is 31.4 Å². The highest BCUT2D eigenvalue weighted by molar-refractivity contribution is 7.87. The fourth-order valence-corrected chi connectivity index (χ4v) is 3.02. The largest absolute Gasteiger partial charge is 0.395 e. The van der Waals surface area contributed by atoms with E-state index in [0.29, 0.717) is 19.5 Å². The second kappa shape index (κ2) is 8.80. The Kier molecular flexibility index (Phi) is 7.40. The number of nitrogens with one attached hydrogen (secondary N) is 1. The van der Waals surface area contributed by atoms with Crippen molar-refractivity contribution in [1.29, 1.82) is 0 Å². The zero-order valence-electron chi connectivity index (χ0n) is 12.5. The fourth-order valence-electron chi connectivity index (χ4n) is 1.81. The van der Waals surface area contributed by atoms with Crippen LogP contribution >= 0.6 is 0 Å². The van der Waals surface area contributed by atoms with Gasteiger partial charge in [-0.05, 0) is 17.7 Å². The summed E-state index contributed by atoms with van der Waals surface area (Å²) in [5.74, 6) is 5.77. The first-order valence-electron chi connectivity index (χ1n) is 6.96. The van der Waals surface area contributed by atoms with Gasteiger partial charge in [-0.1, -0.05) is 37.8 Å². The van der Waals surface area contributed by atoms with Crippen molar-refractivity contribution < 1.29 is 13.5 Å². The zero-order valence-corrected chi connectivity index (χ0v) is 13.3. The van der Waals surface area contributed by atoms with Gasteiger partial charge in [0.15, 0.2) is 0 Å². The van der Waals surface area contributed by atoms with Crippen molar-refractivity contribution in [3.8, 4) is 11.8 Å². The standard InChI is InChI=1S/C15H22N2O3S/c1-3-17(4-2)21(19,20)16-13-15-10-7-9-14(12-15)8-5-6-11-18/h7,9-10,12,16,18H,3-4,6,11,13H2,1-2H3. The van der Waals surface area contributed by atoms with Crippen molar-refractivity contribution >= 4 is 10.2 Å². The molecule has 0 saturated carbocycles. The van der Waals surface area contributed by atoms with Crippen LogP contribution in [0.15, 0.2) is 24.3 Å². The van der Waals surface area contributed by atoms with Crippen LogP contribution in [0.4, 0.5) is 0 Å². The zero-order chi connectivity index (χ0) is 15.7. The number of aliphatic hydroxyl groups excluding tert-OH is 1. The van der Waals surface area contributed by atoms with Gasteiger partial charge in [0.2, 0.25) is 0 Å². The SMILES string of the molecule is CCN(CC)S(=O)(=O)NCc1cccc(C#CCCO)c1. The summed E-state index contributed by atoms with van der Waals surface area (Å²) < 4.78 is 28.0. The highest BCUT2D eigenvalue weighted by Gasteiger charge is 2.17. The highest BCUT2D eigenvalue weighted by atomic mass is 32.2. The summed E-state index contributed by atoms with van der Waals surface area (Å²) in [4.78, 5) is 0. The summed E-state index contributed by atoms with van der Waals surface area (Å²) in [7, 11) is -3.44. The van der Waals surface area contributed by atoms with Crippen LogP contribution in [-0.2, 0) is 16.8 Å². The van der Waals surface area contributed by atoms with E-state index in [0.717, 1.165) is 11.1 Å². The number of rotatable bonds is 7. The van der Waals surface area contributed by atoms with Crippen molar-refractivity contribution in [3.63, 3.8) is 0 Å². The molecule has 0 atom stereocenters. The molecule has 0 bridgehead atoms. The van der Waals surface area contributed by atoms with Crippen molar-refractivity contribution in [1.82, 2.24) is 9.03 Å². The molecular weight excluding hydrogens is 288 g/mol. The van der Waals surface area contributed by atoms with Crippen molar-refractivity contribution in [2.45, 2.75) is 26.8 Å². The van der Waals surface area contributed by atoms with Crippen LogP contribution in [0.25, 0.3) is 0 Å². The molecule has 21 heavy (non-hydrogen) atoms. The second-order valence-electron chi connectivity index (χ2n) is 4.39. The van der Waals surface area contributed by atoms with E-state index in [1.54, 1.807) is 13.8 Å². The quantitative estimate of drug-likeness (QED) is 0.741. The van der Waals surface area contributed by atoms with Crippen LogP contribution in [0, 0.1) is 11.8 Å². The van der Waals surface area contributed by atoms with Crippen molar-refractivity contribution in [3.05, 3.63) is 35.4 Å². The number of aliphatic hydroxyl groups is 1. The molecular formula is C15H22N2O3S. The van der Waals surface area contributed by atoms with Gasteiger partial charge in [0, 0.05) is 31.6 Å². The van der Waals surface area contributed by atoms with Crippen molar-refractivity contribution in [2.24, 2.45) is 0 Å². The van der Waals surface area contributed by atoms with Gasteiger partial charge in [-0.3, -0.25) is 0 Å². The molecule has 1 aromatic carbocycles. The van der Waals surface area contributed by atoms with Gasteiger partial charge >= 0.3 is 0 Å². The lowest BCUT2D eigenvalue weighted by atomic mass is 10.1. The topological polar surface area (TPSA) is 69.6 Å². The molecule has 2 N–H and O–H groups in total. The molecule has 0 aliphatic heterocycles. The summed E-state index contributed by atoms with van der Waals surface area (Å²) >= 11 is 0. The van der Waals surface area contributed by atoms with Gasteiger partial charge in [0.1, 0.15) is 0 Å². The Balaban J connectivity index is 2.72. The second-order valence-corrected chi connectivity index (χ2v) is 6.14. The molecule has 0 amide bonds. The third-order valence-corrected chi connectivity index (χ3v) is 4.61. The number of nitrogens with zero attached hydrogens (tertiary/aromatic N) is 1. The minimum absolute atomic E-state index is 0.0381. The molecule has 1 aromatic rings. The van der Waals surface area contributed by atoms with Gasteiger partial charge in [-0.25, -0.2) is 0 Å². The Bertz CT molecular complexity index is 599. The van der Waals surface area contributed by atoms with E-state index in [2.05, 4.69) is 16.6 Å². The molecule has 0 unspecified atom stereocenters.